The molecule has 9 heteroatoms. The van der Waals surface area contributed by atoms with E-state index in [1.807, 2.05) is 51.1 Å². The van der Waals surface area contributed by atoms with E-state index in [0.717, 1.165) is 41.8 Å². The summed E-state index contributed by atoms with van der Waals surface area (Å²) in [6.07, 6.45) is 3.94. The Kier molecular flexibility index (Phi) is 8.38. The van der Waals surface area contributed by atoms with Crippen LogP contribution in [0.3, 0.4) is 0 Å². The second kappa shape index (κ2) is 11.7. The fraction of sp³-hybridized carbons (Fsp3) is 0.393. The number of benzene rings is 2. The summed E-state index contributed by atoms with van der Waals surface area (Å²) in [5.41, 5.74) is 3.37. The molecule has 8 nitrogen and oxygen atoms in total. The summed E-state index contributed by atoms with van der Waals surface area (Å²) in [6, 6.07) is 15.6. The van der Waals surface area contributed by atoms with Crippen LogP contribution in [0.25, 0.3) is 11.3 Å². The van der Waals surface area contributed by atoms with Gasteiger partial charge in [0.1, 0.15) is 11.4 Å². The van der Waals surface area contributed by atoms with E-state index in [1.165, 1.54) is 0 Å². The van der Waals surface area contributed by atoms with Crippen LogP contribution in [0.4, 0.5) is 16.4 Å². The molecule has 0 radical (unpaired) electrons. The van der Waals surface area contributed by atoms with Crippen LogP contribution in [0.2, 0.25) is 5.02 Å². The van der Waals surface area contributed by atoms with E-state index in [9.17, 15) is 9.90 Å². The standard InChI is InChI=1S/C28H34ClN5O3/c1-28(2,3)37-27(36)34-15-11-21(12-16-34)32-22-6-4-5-20(18-22)24-10-14-31-26(33-24)30-13-9-19-7-8-25(35)23(29)17-19/h4-8,10,14,17-18,21,32,35H,9,11-13,15-16H2,1-3H3,(H,30,31,33). The maximum atomic E-state index is 12.3. The number of rotatable bonds is 7. The van der Waals surface area contributed by atoms with Crippen LogP contribution in [0, 0.1) is 0 Å². The molecular formula is C28H34ClN5O3. The van der Waals surface area contributed by atoms with Gasteiger partial charge >= 0.3 is 6.09 Å². The van der Waals surface area contributed by atoms with Gasteiger partial charge in [-0.25, -0.2) is 14.8 Å². The molecule has 0 unspecified atom stereocenters. The molecule has 0 aliphatic carbocycles. The van der Waals surface area contributed by atoms with Crippen molar-refractivity contribution in [3.8, 4) is 17.0 Å². The maximum Gasteiger partial charge on any atom is 0.410 e. The van der Waals surface area contributed by atoms with E-state index in [1.54, 1.807) is 23.2 Å². The van der Waals surface area contributed by atoms with Crippen LogP contribution in [-0.4, -0.2) is 57.3 Å². The van der Waals surface area contributed by atoms with Crippen molar-refractivity contribution in [2.24, 2.45) is 0 Å². The molecule has 196 valence electrons. The third-order valence-electron chi connectivity index (χ3n) is 6.04. The van der Waals surface area contributed by atoms with Crippen LogP contribution >= 0.6 is 11.6 Å². The van der Waals surface area contributed by atoms with Gasteiger partial charge in [-0.05, 0) is 75.9 Å². The minimum absolute atomic E-state index is 0.0809. The summed E-state index contributed by atoms with van der Waals surface area (Å²) >= 11 is 5.99. The molecule has 0 saturated carbocycles. The van der Waals surface area contributed by atoms with Gasteiger partial charge in [0.05, 0.1) is 10.7 Å². The SMILES string of the molecule is CC(C)(C)OC(=O)N1CCC(Nc2cccc(-c3ccnc(NCCc4ccc(O)c(Cl)c4)n3)c2)CC1. The Bertz CT molecular complexity index is 1220. The number of halogens is 1. The number of hydrogen-bond donors (Lipinski definition) is 3. The fourth-order valence-corrected chi connectivity index (χ4v) is 4.37. The van der Waals surface area contributed by atoms with Crippen molar-refractivity contribution >= 4 is 29.3 Å². The lowest BCUT2D eigenvalue weighted by Gasteiger charge is -2.34. The molecule has 0 spiro atoms. The van der Waals surface area contributed by atoms with Crippen LogP contribution in [-0.2, 0) is 11.2 Å². The number of anilines is 2. The first kappa shape index (κ1) is 26.5. The van der Waals surface area contributed by atoms with Gasteiger partial charge in [0.15, 0.2) is 0 Å². The van der Waals surface area contributed by atoms with Gasteiger partial charge in [-0.2, -0.15) is 0 Å². The minimum Gasteiger partial charge on any atom is -0.506 e. The number of piperidine rings is 1. The zero-order chi connectivity index (χ0) is 26.4. The molecule has 0 atom stereocenters. The van der Waals surface area contributed by atoms with Crippen molar-refractivity contribution in [3.63, 3.8) is 0 Å². The van der Waals surface area contributed by atoms with Gasteiger partial charge in [-0.3, -0.25) is 0 Å². The Labute approximate surface area is 223 Å². The molecule has 3 aromatic rings. The van der Waals surface area contributed by atoms with Gasteiger partial charge < -0.3 is 25.4 Å². The summed E-state index contributed by atoms with van der Waals surface area (Å²) in [5, 5.41) is 16.8. The predicted molar refractivity (Wildman–Crippen MR) is 147 cm³/mol. The summed E-state index contributed by atoms with van der Waals surface area (Å²) in [4.78, 5) is 23.1. The minimum atomic E-state index is -0.482. The third-order valence-corrected chi connectivity index (χ3v) is 6.34. The molecule has 1 amide bonds. The average Bonchev–Trinajstić information content (AvgIpc) is 2.86. The van der Waals surface area contributed by atoms with Gasteiger partial charge in [0, 0.05) is 43.1 Å². The quantitative estimate of drug-likeness (QED) is 0.351. The highest BCUT2D eigenvalue weighted by Crippen LogP contribution is 2.25. The molecule has 1 aromatic heterocycles. The first-order valence-electron chi connectivity index (χ1n) is 12.6. The third kappa shape index (κ3) is 7.73. The number of carbonyl (C=O) groups is 1. The highest BCUT2D eigenvalue weighted by atomic mass is 35.5. The maximum absolute atomic E-state index is 12.3. The molecule has 1 saturated heterocycles. The number of amides is 1. The number of nitrogens with one attached hydrogen (secondary N) is 2. The predicted octanol–water partition coefficient (Wildman–Crippen LogP) is 5.97. The molecule has 1 aliphatic heterocycles. The Morgan fingerprint density at radius 2 is 1.95 bits per heavy atom. The Morgan fingerprint density at radius 1 is 1.16 bits per heavy atom. The van der Waals surface area contributed by atoms with Gasteiger partial charge in [0.25, 0.3) is 0 Å². The lowest BCUT2D eigenvalue weighted by atomic mass is 10.0. The number of aromatic nitrogens is 2. The molecule has 1 fully saturated rings. The van der Waals surface area contributed by atoms with E-state index >= 15 is 0 Å². The summed E-state index contributed by atoms with van der Waals surface area (Å²) in [7, 11) is 0. The van der Waals surface area contributed by atoms with Crippen molar-refractivity contribution in [2.75, 3.05) is 30.3 Å². The second-order valence-corrected chi connectivity index (χ2v) is 10.6. The number of nitrogens with zero attached hydrogens (tertiary/aromatic N) is 3. The Hall–Kier alpha value is -3.52. The fourth-order valence-electron chi connectivity index (χ4n) is 4.17. The van der Waals surface area contributed by atoms with Crippen LogP contribution < -0.4 is 10.6 Å². The number of phenolic OH excluding ortho intramolecular Hbond substituents is 1. The zero-order valence-electron chi connectivity index (χ0n) is 21.5. The zero-order valence-corrected chi connectivity index (χ0v) is 22.3. The number of aromatic hydroxyl groups is 1. The van der Waals surface area contributed by atoms with E-state index in [2.05, 4.69) is 26.7 Å². The van der Waals surface area contributed by atoms with Crippen molar-refractivity contribution in [2.45, 2.75) is 51.7 Å². The van der Waals surface area contributed by atoms with Gasteiger partial charge in [-0.15, -0.1) is 0 Å². The van der Waals surface area contributed by atoms with Crippen molar-refractivity contribution in [3.05, 3.63) is 65.3 Å². The van der Waals surface area contributed by atoms with Crippen molar-refractivity contribution < 1.29 is 14.6 Å². The summed E-state index contributed by atoms with van der Waals surface area (Å²) < 4.78 is 5.50. The highest BCUT2D eigenvalue weighted by Gasteiger charge is 2.26. The second-order valence-electron chi connectivity index (χ2n) is 10.2. The molecular weight excluding hydrogens is 490 g/mol. The molecule has 4 rings (SSSR count). The average molecular weight is 524 g/mol. The molecule has 2 heterocycles. The largest absolute Gasteiger partial charge is 0.506 e. The van der Waals surface area contributed by atoms with E-state index in [0.29, 0.717) is 30.6 Å². The smallest absolute Gasteiger partial charge is 0.410 e. The summed E-state index contributed by atoms with van der Waals surface area (Å²) in [6.45, 7) is 7.63. The van der Waals surface area contributed by atoms with Crippen molar-refractivity contribution in [1.29, 1.82) is 0 Å². The molecule has 2 aromatic carbocycles. The molecule has 1 aliphatic rings. The van der Waals surface area contributed by atoms with Crippen LogP contribution in [0.5, 0.6) is 5.75 Å². The molecule has 3 N–H and O–H groups in total. The lowest BCUT2D eigenvalue weighted by molar-refractivity contribution is 0.0210. The summed E-state index contributed by atoms with van der Waals surface area (Å²) in [5.74, 6) is 0.632. The number of ether oxygens (including phenoxy) is 1. The Balaban J connectivity index is 1.31. The normalized spacial score (nSPS) is 14.3. The molecule has 37 heavy (non-hydrogen) atoms. The Morgan fingerprint density at radius 3 is 2.68 bits per heavy atom. The van der Waals surface area contributed by atoms with Crippen molar-refractivity contribution in [1.82, 2.24) is 14.9 Å². The number of carbonyl (C=O) groups excluding carboxylic acids is 1. The monoisotopic (exact) mass is 523 g/mol. The lowest BCUT2D eigenvalue weighted by Crippen LogP contribution is -2.44. The first-order valence-corrected chi connectivity index (χ1v) is 12.9. The highest BCUT2D eigenvalue weighted by molar-refractivity contribution is 6.32. The van der Waals surface area contributed by atoms with Crippen LogP contribution in [0.1, 0.15) is 39.2 Å². The molecule has 0 bridgehead atoms. The van der Waals surface area contributed by atoms with Gasteiger partial charge in [0.2, 0.25) is 5.95 Å². The van der Waals surface area contributed by atoms with E-state index in [4.69, 9.17) is 16.3 Å². The number of hydrogen-bond acceptors (Lipinski definition) is 7. The van der Waals surface area contributed by atoms with Crippen LogP contribution in [0.15, 0.2) is 54.7 Å². The number of likely N-dealkylation sites (tertiary alicyclic amines) is 1. The topological polar surface area (TPSA) is 99.6 Å². The van der Waals surface area contributed by atoms with Gasteiger partial charge in [-0.1, -0.05) is 29.8 Å². The first-order chi connectivity index (χ1) is 17.7. The van der Waals surface area contributed by atoms with E-state index < -0.39 is 5.60 Å². The van der Waals surface area contributed by atoms with E-state index in [-0.39, 0.29) is 17.9 Å². The number of phenols is 1.